The maximum Gasteiger partial charge on any atom is 0.224 e. The molecule has 6 rings (SSSR count). The molecule has 0 fully saturated rings. The highest BCUT2D eigenvalue weighted by Crippen LogP contribution is 2.34. The quantitative estimate of drug-likeness (QED) is 0.234. The van der Waals surface area contributed by atoms with Crippen molar-refractivity contribution in [2.75, 3.05) is 5.32 Å². The number of fused-ring (bicyclic) bond motifs is 2. The van der Waals surface area contributed by atoms with Gasteiger partial charge in [0.1, 0.15) is 22.8 Å². The van der Waals surface area contributed by atoms with Crippen molar-refractivity contribution in [3.63, 3.8) is 0 Å². The number of halogens is 2. The van der Waals surface area contributed by atoms with Crippen molar-refractivity contribution < 1.29 is 13.6 Å². The first-order chi connectivity index (χ1) is 19.0. The molecule has 0 unspecified atom stereocenters. The maximum atomic E-state index is 16.0. The van der Waals surface area contributed by atoms with Crippen molar-refractivity contribution in [1.29, 1.82) is 0 Å². The van der Waals surface area contributed by atoms with Gasteiger partial charge in [-0.1, -0.05) is 25.5 Å². The number of anilines is 1. The molecular formula is C28H22F2N8O. The van der Waals surface area contributed by atoms with E-state index in [1.54, 1.807) is 30.5 Å². The molecule has 6 aromatic rings. The first-order valence-corrected chi connectivity index (χ1v) is 12.4. The van der Waals surface area contributed by atoms with Crippen LogP contribution in [0.5, 0.6) is 0 Å². The van der Waals surface area contributed by atoms with Gasteiger partial charge in [0.2, 0.25) is 5.91 Å². The fourth-order valence-corrected chi connectivity index (χ4v) is 4.43. The van der Waals surface area contributed by atoms with Crippen LogP contribution in [0.3, 0.4) is 0 Å². The van der Waals surface area contributed by atoms with Gasteiger partial charge in [0.15, 0.2) is 17.1 Å². The molecule has 9 nitrogen and oxygen atoms in total. The molecule has 194 valence electrons. The van der Waals surface area contributed by atoms with Gasteiger partial charge >= 0.3 is 0 Å². The van der Waals surface area contributed by atoms with Crippen molar-refractivity contribution >= 4 is 33.8 Å². The van der Waals surface area contributed by atoms with E-state index in [1.807, 2.05) is 6.92 Å². The topological polar surface area (TPSA) is 125 Å². The molecule has 5 aromatic heterocycles. The lowest BCUT2D eigenvalue weighted by Crippen LogP contribution is -2.11. The van der Waals surface area contributed by atoms with E-state index in [4.69, 9.17) is 0 Å². The number of carbonyl (C=O) groups is 1. The summed E-state index contributed by atoms with van der Waals surface area (Å²) in [5.41, 5.74) is 4.11. The van der Waals surface area contributed by atoms with Gasteiger partial charge in [0.05, 0.1) is 17.3 Å². The van der Waals surface area contributed by atoms with E-state index in [9.17, 15) is 9.18 Å². The number of rotatable bonds is 7. The number of amides is 1. The van der Waals surface area contributed by atoms with Crippen LogP contribution in [0, 0.1) is 11.6 Å². The molecule has 1 amide bonds. The maximum absolute atomic E-state index is 16.0. The van der Waals surface area contributed by atoms with E-state index in [0.717, 1.165) is 24.0 Å². The summed E-state index contributed by atoms with van der Waals surface area (Å²) in [6.45, 7) is 2.01. The summed E-state index contributed by atoms with van der Waals surface area (Å²) in [6, 6.07) is 9.50. The number of nitrogens with zero attached hydrogens (tertiary/aromatic N) is 5. The predicted molar refractivity (Wildman–Crippen MR) is 144 cm³/mol. The van der Waals surface area contributed by atoms with Crippen molar-refractivity contribution in [2.45, 2.75) is 26.2 Å². The van der Waals surface area contributed by atoms with Crippen molar-refractivity contribution in [3.05, 3.63) is 72.8 Å². The Balaban J connectivity index is 1.41. The van der Waals surface area contributed by atoms with E-state index < -0.39 is 5.82 Å². The van der Waals surface area contributed by atoms with Gasteiger partial charge in [-0.3, -0.25) is 14.9 Å². The van der Waals surface area contributed by atoms with Crippen molar-refractivity contribution in [1.82, 2.24) is 35.1 Å². The Labute approximate surface area is 220 Å². The van der Waals surface area contributed by atoms with E-state index in [0.29, 0.717) is 34.7 Å². The molecule has 0 aliphatic heterocycles. The molecule has 0 aliphatic rings. The average molecular weight is 525 g/mol. The Bertz CT molecular complexity index is 1830. The Morgan fingerprint density at radius 2 is 1.82 bits per heavy atom. The summed E-state index contributed by atoms with van der Waals surface area (Å²) in [7, 11) is 0. The van der Waals surface area contributed by atoms with Crippen LogP contribution in [0.15, 0.2) is 61.2 Å². The number of aromatic amines is 2. The Hall–Kier alpha value is -5.06. The number of hydrogen-bond acceptors (Lipinski definition) is 6. The predicted octanol–water partition coefficient (Wildman–Crippen LogP) is 6.03. The highest BCUT2D eigenvalue weighted by Gasteiger charge is 2.21. The third-order valence-electron chi connectivity index (χ3n) is 6.38. The van der Waals surface area contributed by atoms with Gasteiger partial charge in [0, 0.05) is 41.7 Å². The molecule has 0 saturated carbocycles. The number of pyridine rings is 3. The third kappa shape index (κ3) is 4.58. The zero-order chi connectivity index (χ0) is 26.9. The lowest BCUT2D eigenvalue weighted by molar-refractivity contribution is -0.116. The van der Waals surface area contributed by atoms with Crippen LogP contribution in [-0.2, 0) is 4.79 Å². The van der Waals surface area contributed by atoms with Crippen molar-refractivity contribution in [3.8, 4) is 33.8 Å². The molecule has 1 aromatic carbocycles. The SMILES string of the molecule is CCCCC(=O)Nc1cncc(-c2cnc3[nH]nc(-c4nc5c(-c6ccc(F)cc6)ccnc5[nH]4)c3c2F)c1. The molecule has 0 bridgehead atoms. The summed E-state index contributed by atoms with van der Waals surface area (Å²) in [5.74, 6) is -0.730. The van der Waals surface area contributed by atoms with Crippen LogP contribution in [0.4, 0.5) is 14.5 Å². The summed E-state index contributed by atoms with van der Waals surface area (Å²) < 4.78 is 29.5. The molecule has 0 atom stereocenters. The first kappa shape index (κ1) is 24.3. The van der Waals surface area contributed by atoms with Crippen LogP contribution in [-0.4, -0.2) is 41.0 Å². The van der Waals surface area contributed by atoms with E-state index in [2.05, 4.69) is 40.4 Å². The minimum absolute atomic E-state index is 0.125. The van der Waals surface area contributed by atoms with Gasteiger partial charge in [-0.2, -0.15) is 5.10 Å². The summed E-state index contributed by atoms with van der Waals surface area (Å²) in [4.78, 5) is 32.8. The van der Waals surface area contributed by atoms with E-state index in [1.165, 1.54) is 30.7 Å². The molecule has 5 heterocycles. The fourth-order valence-electron chi connectivity index (χ4n) is 4.43. The van der Waals surface area contributed by atoms with E-state index in [-0.39, 0.29) is 34.0 Å². The number of unbranched alkanes of at least 4 members (excludes halogenated alkanes) is 1. The number of aromatic nitrogens is 7. The number of H-pyrrole nitrogens is 2. The van der Waals surface area contributed by atoms with E-state index >= 15 is 4.39 Å². The zero-order valence-electron chi connectivity index (χ0n) is 20.8. The monoisotopic (exact) mass is 524 g/mol. The standard InChI is InChI=1S/C28H22F2N8O/c1-2-3-4-21(39)34-18-11-16(12-31-13-18)20-14-33-26-22(23(20)30)25(37-38-26)28-35-24-19(9-10-32-27(24)36-28)15-5-7-17(29)8-6-15/h5-14H,2-4H2,1H3,(H,34,39)(H,32,35,36)(H,33,37,38). The largest absolute Gasteiger partial charge is 0.325 e. The fraction of sp³-hybridized carbons (Fsp3) is 0.143. The second-order valence-corrected chi connectivity index (χ2v) is 9.04. The summed E-state index contributed by atoms with van der Waals surface area (Å²) in [6.07, 6.45) is 8.12. The minimum atomic E-state index is -0.563. The highest BCUT2D eigenvalue weighted by molar-refractivity contribution is 5.97. The normalized spacial score (nSPS) is 11.4. The average Bonchev–Trinajstić information content (AvgIpc) is 3.57. The molecular weight excluding hydrogens is 502 g/mol. The van der Waals surface area contributed by atoms with Crippen LogP contribution in [0.2, 0.25) is 0 Å². The van der Waals surface area contributed by atoms with Crippen LogP contribution in [0.25, 0.3) is 56.0 Å². The molecule has 39 heavy (non-hydrogen) atoms. The summed E-state index contributed by atoms with van der Waals surface area (Å²) in [5, 5.41) is 10.0. The number of carbonyl (C=O) groups excluding carboxylic acids is 1. The van der Waals surface area contributed by atoms with Crippen LogP contribution >= 0.6 is 0 Å². The lowest BCUT2D eigenvalue weighted by atomic mass is 10.1. The zero-order valence-corrected chi connectivity index (χ0v) is 20.8. The molecule has 11 heteroatoms. The Kier molecular flexibility index (Phi) is 6.23. The number of imidazole rings is 1. The van der Waals surface area contributed by atoms with Crippen LogP contribution in [0.1, 0.15) is 26.2 Å². The van der Waals surface area contributed by atoms with Gasteiger partial charge in [-0.15, -0.1) is 0 Å². The highest BCUT2D eigenvalue weighted by atomic mass is 19.1. The number of benzene rings is 1. The summed E-state index contributed by atoms with van der Waals surface area (Å²) >= 11 is 0. The smallest absolute Gasteiger partial charge is 0.224 e. The lowest BCUT2D eigenvalue weighted by Gasteiger charge is -2.08. The third-order valence-corrected chi connectivity index (χ3v) is 6.38. The number of hydrogen-bond donors (Lipinski definition) is 3. The second kappa shape index (κ2) is 10.0. The molecule has 0 radical (unpaired) electrons. The molecule has 0 spiro atoms. The van der Waals surface area contributed by atoms with Gasteiger partial charge in [-0.05, 0) is 36.2 Å². The Morgan fingerprint density at radius 3 is 2.64 bits per heavy atom. The van der Waals surface area contributed by atoms with Gasteiger partial charge < -0.3 is 10.3 Å². The first-order valence-electron chi connectivity index (χ1n) is 12.4. The molecule has 0 saturated heterocycles. The minimum Gasteiger partial charge on any atom is -0.325 e. The van der Waals surface area contributed by atoms with Gasteiger partial charge in [0.25, 0.3) is 0 Å². The van der Waals surface area contributed by atoms with Crippen molar-refractivity contribution in [2.24, 2.45) is 0 Å². The van der Waals surface area contributed by atoms with Gasteiger partial charge in [-0.25, -0.2) is 23.7 Å². The molecule has 0 aliphatic carbocycles. The number of nitrogens with one attached hydrogen (secondary N) is 3. The molecule has 3 N–H and O–H groups in total. The second-order valence-electron chi connectivity index (χ2n) is 9.04. The van der Waals surface area contributed by atoms with Crippen LogP contribution < -0.4 is 5.32 Å². The Morgan fingerprint density at radius 1 is 0.974 bits per heavy atom.